The van der Waals surface area contributed by atoms with E-state index < -0.39 is 0 Å². The largest absolute Gasteiger partial charge is 0.374 e. The molecule has 3 nitrogen and oxygen atoms in total. The Bertz CT molecular complexity index is 183. The second kappa shape index (κ2) is 3.05. The lowest BCUT2D eigenvalue weighted by Crippen LogP contribution is -2.66. The van der Waals surface area contributed by atoms with Crippen molar-refractivity contribution in [1.82, 2.24) is 4.90 Å². The molecular weight excluding hydrogens is 154 g/mol. The van der Waals surface area contributed by atoms with Crippen LogP contribution in [0.5, 0.6) is 0 Å². The van der Waals surface area contributed by atoms with E-state index in [1.165, 1.54) is 0 Å². The Hall–Kier alpha value is -0.570. The third kappa shape index (κ3) is 1.33. The Morgan fingerprint density at radius 2 is 2.00 bits per heavy atom. The van der Waals surface area contributed by atoms with Gasteiger partial charge >= 0.3 is 0 Å². The average Bonchev–Trinajstić information content (AvgIpc) is 1.84. The number of methoxy groups -OCH3 is 1. The van der Waals surface area contributed by atoms with Crippen LogP contribution in [0.15, 0.2) is 0 Å². The number of ether oxygens (including phenoxy) is 1. The van der Waals surface area contributed by atoms with Crippen LogP contribution in [0.3, 0.4) is 0 Å². The zero-order valence-corrected chi connectivity index (χ0v) is 8.26. The van der Waals surface area contributed by atoms with E-state index in [9.17, 15) is 4.79 Å². The fourth-order valence-corrected chi connectivity index (χ4v) is 1.55. The van der Waals surface area contributed by atoms with Crippen molar-refractivity contribution >= 4 is 5.91 Å². The van der Waals surface area contributed by atoms with Crippen molar-refractivity contribution in [1.29, 1.82) is 0 Å². The summed E-state index contributed by atoms with van der Waals surface area (Å²) in [4.78, 5) is 12.7. The lowest BCUT2D eigenvalue weighted by molar-refractivity contribution is -0.171. The maximum Gasteiger partial charge on any atom is 0.219 e. The van der Waals surface area contributed by atoms with Gasteiger partial charge in [0.2, 0.25) is 5.91 Å². The Morgan fingerprint density at radius 3 is 2.25 bits per heavy atom. The minimum Gasteiger partial charge on any atom is -0.374 e. The number of hydrogen-bond donors (Lipinski definition) is 0. The number of hydrogen-bond acceptors (Lipinski definition) is 2. The van der Waals surface area contributed by atoms with Gasteiger partial charge in [-0.15, -0.1) is 0 Å². The van der Waals surface area contributed by atoms with E-state index in [-0.39, 0.29) is 11.5 Å². The highest BCUT2D eigenvalue weighted by Gasteiger charge is 2.46. The minimum atomic E-state index is -0.0777. The van der Waals surface area contributed by atoms with Crippen molar-refractivity contribution in [3.8, 4) is 0 Å². The van der Waals surface area contributed by atoms with Gasteiger partial charge in [0.05, 0.1) is 13.1 Å². The van der Waals surface area contributed by atoms with Crippen LogP contribution in [0, 0.1) is 5.92 Å². The molecule has 3 heteroatoms. The van der Waals surface area contributed by atoms with Crippen LogP contribution in [0.4, 0.5) is 0 Å². The lowest BCUT2D eigenvalue weighted by atomic mass is 9.82. The molecule has 1 aliphatic heterocycles. The second-order valence-corrected chi connectivity index (χ2v) is 3.80. The zero-order valence-electron chi connectivity index (χ0n) is 8.26. The third-order valence-electron chi connectivity index (χ3n) is 2.82. The van der Waals surface area contributed by atoms with E-state index in [2.05, 4.69) is 13.8 Å². The van der Waals surface area contributed by atoms with Gasteiger partial charge in [0.25, 0.3) is 0 Å². The smallest absolute Gasteiger partial charge is 0.219 e. The Morgan fingerprint density at radius 1 is 1.50 bits per heavy atom. The van der Waals surface area contributed by atoms with Gasteiger partial charge in [-0.1, -0.05) is 13.8 Å². The summed E-state index contributed by atoms with van der Waals surface area (Å²) in [7, 11) is 1.72. The first-order chi connectivity index (χ1) is 5.52. The number of nitrogens with zero attached hydrogens (tertiary/aromatic N) is 1. The van der Waals surface area contributed by atoms with E-state index >= 15 is 0 Å². The monoisotopic (exact) mass is 171 g/mol. The first-order valence-electron chi connectivity index (χ1n) is 4.32. The number of likely N-dealkylation sites (tertiary alicyclic amines) is 1. The molecule has 0 radical (unpaired) electrons. The number of carbonyl (C=O) groups excluding carboxylic acids is 1. The summed E-state index contributed by atoms with van der Waals surface area (Å²) in [5.74, 6) is 0.612. The second-order valence-electron chi connectivity index (χ2n) is 3.80. The van der Waals surface area contributed by atoms with Crippen LogP contribution < -0.4 is 0 Å². The molecule has 0 bridgehead atoms. The first-order valence-corrected chi connectivity index (χ1v) is 4.32. The zero-order chi connectivity index (χ0) is 9.35. The summed E-state index contributed by atoms with van der Waals surface area (Å²) in [6, 6.07) is 0. The molecule has 1 fully saturated rings. The Balaban J connectivity index is 2.52. The van der Waals surface area contributed by atoms with Gasteiger partial charge < -0.3 is 9.64 Å². The van der Waals surface area contributed by atoms with Crippen LogP contribution in [-0.4, -0.2) is 36.6 Å². The first kappa shape index (κ1) is 9.52. The van der Waals surface area contributed by atoms with Crippen LogP contribution in [0.1, 0.15) is 20.8 Å². The molecule has 0 atom stereocenters. The highest BCUT2D eigenvalue weighted by Crippen LogP contribution is 2.31. The molecular formula is C9H17NO2. The van der Waals surface area contributed by atoms with Crippen LogP contribution >= 0.6 is 0 Å². The number of amides is 1. The van der Waals surface area contributed by atoms with Gasteiger partial charge in [0.15, 0.2) is 0 Å². The topological polar surface area (TPSA) is 29.5 Å². The van der Waals surface area contributed by atoms with E-state index in [4.69, 9.17) is 4.74 Å². The summed E-state index contributed by atoms with van der Waals surface area (Å²) in [6.07, 6.45) is 0. The summed E-state index contributed by atoms with van der Waals surface area (Å²) < 4.78 is 5.42. The molecule has 0 spiro atoms. The molecule has 0 N–H and O–H groups in total. The van der Waals surface area contributed by atoms with Crippen molar-refractivity contribution in [3.05, 3.63) is 0 Å². The SMILES string of the molecule is COC1(C(C)C)CN(C(C)=O)C1. The van der Waals surface area contributed by atoms with Gasteiger partial charge in [0.1, 0.15) is 5.60 Å². The summed E-state index contributed by atoms with van der Waals surface area (Å²) in [6.45, 7) is 7.34. The van der Waals surface area contributed by atoms with Gasteiger partial charge in [-0.05, 0) is 5.92 Å². The highest BCUT2D eigenvalue weighted by molar-refractivity contribution is 5.74. The highest BCUT2D eigenvalue weighted by atomic mass is 16.5. The predicted molar refractivity (Wildman–Crippen MR) is 46.8 cm³/mol. The van der Waals surface area contributed by atoms with Gasteiger partial charge in [0, 0.05) is 14.0 Å². The van der Waals surface area contributed by atoms with Crippen molar-refractivity contribution in [3.63, 3.8) is 0 Å². The lowest BCUT2D eigenvalue weighted by Gasteiger charge is -2.51. The van der Waals surface area contributed by atoms with Crippen molar-refractivity contribution in [2.24, 2.45) is 5.92 Å². The molecule has 0 aliphatic carbocycles. The van der Waals surface area contributed by atoms with Gasteiger partial charge in [-0.3, -0.25) is 4.79 Å². The number of rotatable bonds is 2. The minimum absolute atomic E-state index is 0.0777. The molecule has 1 rings (SSSR count). The van der Waals surface area contributed by atoms with Crippen molar-refractivity contribution in [2.75, 3.05) is 20.2 Å². The average molecular weight is 171 g/mol. The number of carbonyl (C=O) groups is 1. The standard InChI is InChI=1S/C9H17NO2/c1-7(2)9(12-4)5-10(6-9)8(3)11/h7H,5-6H2,1-4H3. The predicted octanol–water partition coefficient (Wildman–Crippen LogP) is 0.890. The molecule has 12 heavy (non-hydrogen) atoms. The van der Waals surface area contributed by atoms with Gasteiger partial charge in [-0.2, -0.15) is 0 Å². The van der Waals surface area contributed by atoms with E-state index in [0.29, 0.717) is 5.92 Å². The third-order valence-corrected chi connectivity index (χ3v) is 2.82. The molecule has 1 heterocycles. The Labute approximate surface area is 73.7 Å². The van der Waals surface area contributed by atoms with Crippen LogP contribution in [0.25, 0.3) is 0 Å². The fourth-order valence-electron chi connectivity index (χ4n) is 1.55. The summed E-state index contributed by atoms with van der Waals surface area (Å²) >= 11 is 0. The maximum atomic E-state index is 10.9. The molecule has 0 saturated carbocycles. The van der Waals surface area contributed by atoms with E-state index in [1.807, 2.05) is 4.90 Å². The van der Waals surface area contributed by atoms with Crippen molar-refractivity contribution in [2.45, 2.75) is 26.4 Å². The van der Waals surface area contributed by atoms with Gasteiger partial charge in [-0.25, -0.2) is 0 Å². The molecule has 1 saturated heterocycles. The molecule has 1 amide bonds. The summed E-state index contributed by atoms with van der Waals surface area (Å²) in [5, 5.41) is 0. The molecule has 0 aromatic rings. The molecule has 70 valence electrons. The quantitative estimate of drug-likeness (QED) is 0.617. The molecule has 0 aromatic carbocycles. The summed E-state index contributed by atoms with van der Waals surface area (Å²) in [5.41, 5.74) is -0.0777. The fraction of sp³-hybridized carbons (Fsp3) is 0.889. The van der Waals surface area contributed by atoms with E-state index in [1.54, 1.807) is 14.0 Å². The molecule has 1 aliphatic rings. The van der Waals surface area contributed by atoms with E-state index in [0.717, 1.165) is 13.1 Å². The molecule has 0 aromatic heterocycles. The molecule has 0 unspecified atom stereocenters. The van der Waals surface area contributed by atoms with Crippen LogP contribution in [-0.2, 0) is 9.53 Å². The van der Waals surface area contributed by atoms with Crippen LogP contribution in [0.2, 0.25) is 0 Å². The normalized spacial score (nSPS) is 20.9. The Kier molecular flexibility index (Phi) is 2.42. The van der Waals surface area contributed by atoms with Crippen molar-refractivity contribution < 1.29 is 9.53 Å². The maximum absolute atomic E-state index is 10.9.